The van der Waals surface area contributed by atoms with Gasteiger partial charge in [0.1, 0.15) is 5.75 Å². The van der Waals surface area contributed by atoms with Gasteiger partial charge < -0.3 is 15.4 Å². The Labute approximate surface area is 114 Å². The van der Waals surface area contributed by atoms with Gasteiger partial charge in [-0.05, 0) is 55.3 Å². The largest absolute Gasteiger partial charge is 0.496 e. The molecule has 2 aromatic carbocycles. The van der Waals surface area contributed by atoms with E-state index in [1.165, 1.54) is 5.56 Å². The Bertz CT molecular complexity index is 593. The summed E-state index contributed by atoms with van der Waals surface area (Å²) in [6.45, 7) is 4.10. The zero-order valence-corrected chi connectivity index (χ0v) is 11.9. The number of hydrogen-bond donors (Lipinski definition) is 1. The van der Waals surface area contributed by atoms with Crippen molar-refractivity contribution in [2.24, 2.45) is 0 Å². The van der Waals surface area contributed by atoms with E-state index < -0.39 is 0 Å². The molecule has 2 aromatic rings. The molecule has 0 aliphatic heterocycles. The number of nitrogens with two attached hydrogens (primary N) is 1. The summed E-state index contributed by atoms with van der Waals surface area (Å²) in [5.74, 6) is 0.898. The maximum Gasteiger partial charge on any atom is 0.121 e. The highest BCUT2D eigenvalue weighted by Gasteiger charge is 2.09. The van der Waals surface area contributed by atoms with Crippen molar-refractivity contribution < 1.29 is 4.74 Å². The third kappa shape index (κ3) is 2.65. The SMILES string of the molecule is COc1ccc(N(C)c2cc(C)ccc2N)cc1C. The van der Waals surface area contributed by atoms with Crippen molar-refractivity contribution in [2.75, 3.05) is 24.8 Å². The van der Waals surface area contributed by atoms with E-state index in [1.54, 1.807) is 7.11 Å². The molecule has 2 N–H and O–H groups in total. The highest BCUT2D eigenvalue weighted by molar-refractivity contribution is 5.75. The molecule has 0 atom stereocenters. The minimum atomic E-state index is 0.779. The van der Waals surface area contributed by atoms with Crippen LogP contribution in [0.4, 0.5) is 17.1 Å². The van der Waals surface area contributed by atoms with Gasteiger partial charge in [0.25, 0.3) is 0 Å². The minimum absolute atomic E-state index is 0.779. The van der Waals surface area contributed by atoms with Crippen molar-refractivity contribution >= 4 is 17.1 Å². The second-order valence-electron chi connectivity index (χ2n) is 4.78. The fourth-order valence-electron chi connectivity index (χ4n) is 2.15. The van der Waals surface area contributed by atoms with Crippen LogP contribution in [0.15, 0.2) is 36.4 Å². The summed E-state index contributed by atoms with van der Waals surface area (Å²) in [6.07, 6.45) is 0. The Hall–Kier alpha value is -2.16. The lowest BCUT2D eigenvalue weighted by molar-refractivity contribution is 0.412. The fourth-order valence-corrected chi connectivity index (χ4v) is 2.15. The van der Waals surface area contributed by atoms with E-state index in [9.17, 15) is 0 Å². The van der Waals surface area contributed by atoms with Crippen LogP contribution < -0.4 is 15.4 Å². The van der Waals surface area contributed by atoms with Crippen LogP contribution in [0.25, 0.3) is 0 Å². The molecule has 100 valence electrons. The van der Waals surface area contributed by atoms with Crippen LogP contribution in [0.1, 0.15) is 11.1 Å². The summed E-state index contributed by atoms with van der Waals surface area (Å²) < 4.78 is 5.29. The smallest absolute Gasteiger partial charge is 0.121 e. The number of nitrogens with zero attached hydrogens (tertiary/aromatic N) is 1. The first-order valence-corrected chi connectivity index (χ1v) is 6.27. The van der Waals surface area contributed by atoms with E-state index in [-0.39, 0.29) is 0 Å². The average Bonchev–Trinajstić information content (AvgIpc) is 2.40. The summed E-state index contributed by atoms with van der Waals surface area (Å²) in [6, 6.07) is 12.2. The van der Waals surface area contributed by atoms with Crippen LogP contribution >= 0.6 is 0 Å². The first kappa shape index (κ1) is 13.3. The van der Waals surface area contributed by atoms with Crippen molar-refractivity contribution in [3.63, 3.8) is 0 Å². The number of nitrogen functional groups attached to an aromatic ring is 1. The summed E-state index contributed by atoms with van der Waals surface area (Å²) in [4.78, 5) is 2.09. The van der Waals surface area contributed by atoms with Crippen molar-refractivity contribution in [1.29, 1.82) is 0 Å². The number of ether oxygens (including phenoxy) is 1. The lowest BCUT2D eigenvalue weighted by Gasteiger charge is -2.22. The molecule has 19 heavy (non-hydrogen) atoms. The Morgan fingerprint density at radius 1 is 1.05 bits per heavy atom. The molecule has 2 rings (SSSR count). The van der Waals surface area contributed by atoms with Crippen molar-refractivity contribution in [3.05, 3.63) is 47.5 Å². The Kier molecular flexibility index (Phi) is 3.65. The molecule has 0 saturated carbocycles. The minimum Gasteiger partial charge on any atom is -0.496 e. The summed E-state index contributed by atoms with van der Waals surface area (Å²) >= 11 is 0. The van der Waals surface area contributed by atoms with Crippen molar-refractivity contribution in [2.45, 2.75) is 13.8 Å². The monoisotopic (exact) mass is 256 g/mol. The standard InChI is InChI=1S/C16H20N2O/c1-11-5-7-14(17)15(9-11)18(3)13-6-8-16(19-4)12(2)10-13/h5-10H,17H2,1-4H3. The third-order valence-electron chi connectivity index (χ3n) is 3.31. The van der Waals surface area contributed by atoms with Gasteiger partial charge in [-0.3, -0.25) is 0 Å². The number of methoxy groups -OCH3 is 1. The van der Waals surface area contributed by atoms with Gasteiger partial charge in [-0.15, -0.1) is 0 Å². The Balaban J connectivity index is 2.41. The van der Waals surface area contributed by atoms with Crippen LogP contribution in [-0.2, 0) is 0 Å². The van der Waals surface area contributed by atoms with Gasteiger partial charge in [-0.1, -0.05) is 6.07 Å². The van der Waals surface area contributed by atoms with Crippen LogP contribution in [0.3, 0.4) is 0 Å². The zero-order chi connectivity index (χ0) is 14.0. The number of aryl methyl sites for hydroxylation is 2. The molecule has 0 spiro atoms. The van der Waals surface area contributed by atoms with Crippen molar-refractivity contribution in [1.82, 2.24) is 0 Å². The summed E-state index contributed by atoms with van der Waals surface area (Å²) in [5, 5.41) is 0. The fraction of sp³-hybridized carbons (Fsp3) is 0.250. The molecule has 0 aliphatic rings. The molecule has 0 amide bonds. The Morgan fingerprint density at radius 2 is 1.79 bits per heavy atom. The summed E-state index contributed by atoms with van der Waals surface area (Å²) in [5.41, 5.74) is 11.3. The number of benzene rings is 2. The lowest BCUT2D eigenvalue weighted by atomic mass is 10.1. The first-order chi connectivity index (χ1) is 9.02. The van der Waals surface area contributed by atoms with E-state index >= 15 is 0 Å². The lowest BCUT2D eigenvalue weighted by Crippen LogP contribution is -2.12. The molecular weight excluding hydrogens is 236 g/mol. The average molecular weight is 256 g/mol. The molecule has 3 nitrogen and oxygen atoms in total. The third-order valence-corrected chi connectivity index (χ3v) is 3.31. The molecular formula is C16H20N2O. The zero-order valence-electron chi connectivity index (χ0n) is 11.9. The topological polar surface area (TPSA) is 38.5 Å². The van der Waals surface area contributed by atoms with Gasteiger partial charge >= 0.3 is 0 Å². The molecule has 0 unspecified atom stereocenters. The molecule has 3 heteroatoms. The van der Waals surface area contributed by atoms with Gasteiger partial charge in [-0.25, -0.2) is 0 Å². The number of hydrogen-bond acceptors (Lipinski definition) is 3. The predicted octanol–water partition coefficient (Wildman–Crippen LogP) is 3.66. The van der Waals surface area contributed by atoms with E-state index in [2.05, 4.69) is 24.0 Å². The van der Waals surface area contributed by atoms with Crippen LogP contribution in [-0.4, -0.2) is 14.2 Å². The molecule has 0 aliphatic carbocycles. The van der Waals surface area contributed by atoms with Gasteiger partial charge in [-0.2, -0.15) is 0 Å². The number of anilines is 3. The maximum absolute atomic E-state index is 6.06. The predicted molar refractivity (Wildman–Crippen MR) is 81.4 cm³/mol. The van der Waals surface area contributed by atoms with E-state index in [0.29, 0.717) is 0 Å². The highest BCUT2D eigenvalue weighted by atomic mass is 16.5. The van der Waals surface area contributed by atoms with Crippen molar-refractivity contribution in [3.8, 4) is 5.75 Å². The molecule has 0 heterocycles. The van der Waals surface area contributed by atoms with E-state index in [1.807, 2.05) is 38.2 Å². The normalized spacial score (nSPS) is 10.3. The van der Waals surface area contributed by atoms with Gasteiger partial charge in [0, 0.05) is 12.7 Å². The van der Waals surface area contributed by atoms with Crippen LogP contribution in [0.5, 0.6) is 5.75 Å². The van der Waals surface area contributed by atoms with Crippen LogP contribution in [0.2, 0.25) is 0 Å². The van der Waals surface area contributed by atoms with Crippen LogP contribution in [0, 0.1) is 13.8 Å². The quantitative estimate of drug-likeness (QED) is 0.852. The molecule has 0 bridgehead atoms. The van der Waals surface area contributed by atoms with E-state index in [0.717, 1.165) is 28.4 Å². The second kappa shape index (κ2) is 5.22. The second-order valence-corrected chi connectivity index (χ2v) is 4.78. The molecule has 0 aromatic heterocycles. The van der Waals surface area contributed by atoms with Gasteiger partial charge in [0.05, 0.1) is 18.5 Å². The summed E-state index contributed by atoms with van der Waals surface area (Å²) in [7, 11) is 3.71. The molecule has 0 saturated heterocycles. The highest BCUT2D eigenvalue weighted by Crippen LogP contribution is 2.32. The Morgan fingerprint density at radius 3 is 2.42 bits per heavy atom. The molecule has 0 fully saturated rings. The molecule has 0 radical (unpaired) electrons. The maximum atomic E-state index is 6.06. The van der Waals surface area contributed by atoms with E-state index in [4.69, 9.17) is 10.5 Å². The first-order valence-electron chi connectivity index (χ1n) is 6.27. The van der Waals surface area contributed by atoms with Gasteiger partial charge in [0.2, 0.25) is 0 Å². The number of rotatable bonds is 3. The van der Waals surface area contributed by atoms with Gasteiger partial charge in [0.15, 0.2) is 0 Å².